The average Bonchev–Trinajstić information content (AvgIpc) is 2.93. The van der Waals surface area contributed by atoms with Gasteiger partial charge in [0, 0.05) is 17.0 Å². The van der Waals surface area contributed by atoms with Crippen LogP contribution in [0.15, 0.2) is 6.20 Å². The van der Waals surface area contributed by atoms with E-state index in [1.807, 2.05) is 11.3 Å². The van der Waals surface area contributed by atoms with Crippen molar-refractivity contribution in [2.45, 2.75) is 57.2 Å². The van der Waals surface area contributed by atoms with E-state index in [9.17, 15) is 0 Å². The third-order valence-corrected chi connectivity index (χ3v) is 4.96. The molecule has 2 fully saturated rings. The molecule has 0 saturated carbocycles. The van der Waals surface area contributed by atoms with E-state index >= 15 is 0 Å². The van der Waals surface area contributed by atoms with Crippen LogP contribution in [0.4, 0.5) is 0 Å². The first-order chi connectivity index (χ1) is 7.24. The fourth-order valence-electron chi connectivity index (χ4n) is 2.64. The Morgan fingerprint density at radius 3 is 2.87 bits per heavy atom. The highest BCUT2D eigenvalue weighted by atomic mass is 32.1. The van der Waals surface area contributed by atoms with Crippen molar-refractivity contribution in [1.29, 1.82) is 0 Å². The zero-order valence-electron chi connectivity index (χ0n) is 9.27. The van der Waals surface area contributed by atoms with Crippen molar-refractivity contribution in [3.8, 4) is 0 Å². The molecule has 2 nitrogen and oxygen atoms in total. The van der Waals surface area contributed by atoms with Gasteiger partial charge in [0.05, 0.1) is 17.2 Å². The number of thiazole rings is 1. The molecule has 2 saturated heterocycles. The number of hydrogen-bond donors (Lipinski definition) is 0. The third-order valence-electron chi connectivity index (χ3n) is 3.53. The summed E-state index contributed by atoms with van der Waals surface area (Å²) in [6.07, 6.45) is 6.77. The van der Waals surface area contributed by atoms with Gasteiger partial charge in [-0.1, -0.05) is 13.8 Å². The summed E-state index contributed by atoms with van der Waals surface area (Å²) in [6.45, 7) is 4.46. The smallest absolute Gasteiger partial charge is 0.0985 e. The molecule has 2 aliphatic rings. The Morgan fingerprint density at radius 1 is 1.47 bits per heavy atom. The van der Waals surface area contributed by atoms with Gasteiger partial charge in [0.25, 0.3) is 0 Å². The number of fused-ring (bicyclic) bond motifs is 2. The van der Waals surface area contributed by atoms with Crippen LogP contribution < -0.4 is 0 Å². The van der Waals surface area contributed by atoms with Gasteiger partial charge in [-0.25, -0.2) is 4.98 Å². The first-order valence-corrected chi connectivity index (χ1v) is 6.67. The molecule has 3 heteroatoms. The maximum atomic E-state index is 5.88. The summed E-state index contributed by atoms with van der Waals surface area (Å²) in [5.74, 6) is 1.21. The highest BCUT2D eigenvalue weighted by molar-refractivity contribution is 7.11. The largest absolute Gasteiger partial charge is 0.374 e. The lowest BCUT2D eigenvalue weighted by molar-refractivity contribution is 0.101. The molecule has 82 valence electrons. The highest BCUT2D eigenvalue weighted by Gasteiger charge is 2.42. The van der Waals surface area contributed by atoms with Crippen LogP contribution in [-0.4, -0.2) is 17.2 Å². The van der Waals surface area contributed by atoms with Gasteiger partial charge in [-0.15, -0.1) is 11.3 Å². The predicted octanol–water partition coefficient (Wildman–Crippen LogP) is 3.30. The van der Waals surface area contributed by atoms with Gasteiger partial charge in [-0.3, -0.25) is 0 Å². The summed E-state index contributed by atoms with van der Waals surface area (Å²) in [7, 11) is 0. The van der Waals surface area contributed by atoms with E-state index in [1.165, 1.54) is 29.1 Å². The molecule has 2 bridgehead atoms. The molecule has 15 heavy (non-hydrogen) atoms. The maximum absolute atomic E-state index is 5.88. The molecule has 3 rings (SSSR count). The molecule has 3 heterocycles. The van der Waals surface area contributed by atoms with Gasteiger partial charge in [-0.2, -0.15) is 0 Å². The Balaban J connectivity index is 1.81. The number of rotatable bonds is 2. The molecule has 0 spiro atoms. The van der Waals surface area contributed by atoms with E-state index in [-0.39, 0.29) is 0 Å². The van der Waals surface area contributed by atoms with Gasteiger partial charge in [-0.05, 0) is 25.2 Å². The van der Waals surface area contributed by atoms with Crippen LogP contribution >= 0.6 is 11.3 Å². The van der Waals surface area contributed by atoms with Crippen LogP contribution in [-0.2, 0) is 4.74 Å². The second-order valence-corrected chi connectivity index (χ2v) is 6.07. The summed E-state index contributed by atoms with van der Waals surface area (Å²) in [5.41, 5.74) is 0. The van der Waals surface area contributed by atoms with E-state index in [2.05, 4.69) is 25.0 Å². The molecule has 3 atom stereocenters. The third kappa shape index (κ3) is 1.62. The molecule has 0 aliphatic carbocycles. The van der Waals surface area contributed by atoms with Crippen LogP contribution in [0.5, 0.6) is 0 Å². The van der Waals surface area contributed by atoms with Crippen LogP contribution in [0.3, 0.4) is 0 Å². The number of aromatic nitrogens is 1. The average molecular weight is 223 g/mol. The Bertz CT molecular complexity index is 360. The van der Waals surface area contributed by atoms with Crippen molar-refractivity contribution in [2.24, 2.45) is 0 Å². The van der Waals surface area contributed by atoms with Gasteiger partial charge < -0.3 is 4.74 Å². The second kappa shape index (κ2) is 3.56. The molecular weight excluding hydrogens is 206 g/mol. The highest BCUT2D eigenvalue weighted by Crippen LogP contribution is 2.45. The van der Waals surface area contributed by atoms with Crippen molar-refractivity contribution in [3.63, 3.8) is 0 Å². The molecule has 1 aromatic rings. The van der Waals surface area contributed by atoms with Crippen molar-refractivity contribution >= 4 is 11.3 Å². The number of hydrogen-bond acceptors (Lipinski definition) is 3. The zero-order chi connectivity index (χ0) is 10.4. The van der Waals surface area contributed by atoms with Gasteiger partial charge in [0.2, 0.25) is 0 Å². The molecule has 0 aromatic carbocycles. The van der Waals surface area contributed by atoms with Crippen molar-refractivity contribution in [3.05, 3.63) is 16.1 Å². The Kier molecular flexibility index (Phi) is 2.33. The van der Waals surface area contributed by atoms with Crippen LogP contribution in [0.1, 0.15) is 54.8 Å². The zero-order valence-corrected chi connectivity index (χ0v) is 10.1. The van der Waals surface area contributed by atoms with Crippen LogP contribution in [0.25, 0.3) is 0 Å². The van der Waals surface area contributed by atoms with Crippen molar-refractivity contribution < 1.29 is 4.74 Å². The lowest BCUT2D eigenvalue weighted by atomic mass is 9.90. The first kappa shape index (κ1) is 9.79. The lowest BCUT2D eigenvalue weighted by Crippen LogP contribution is -2.13. The molecule has 0 amide bonds. The number of ether oxygens (including phenoxy) is 1. The van der Waals surface area contributed by atoms with Crippen molar-refractivity contribution in [2.75, 3.05) is 0 Å². The summed E-state index contributed by atoms with van der Waals surface area (Å²) in [5, 5.41) is 1.31. The summed E-state index contributed by atoms with van der Waals surface area (Å²) in [4.78, 5) is 5.99. The molecular formula is C12H17NOS. The van der Waals surface area contributed by atoms with Gasteiger partial charge in [0.15, 0.2) is 0 Å². The van der Waals surface area contributed by atoms with Crippen LogP contribution in [0.2, 0.25) is 0 Å². The minimum Gasteiger partial charge on any atom is -0.374 e. The summed E-state index contributed by atoms with van der Waals surface area (Å²) >= 11 is 1.89. The SMILES string of the molecule is CC(C)c1cnc(C2CC3CCC2O3)s1. The van der Waals surface area contributed by atoms with E-state index < -0.39 is 0 Å². The minimum absolute atomic E-state index is 0.473. The topological polar surface area (TPSA) is 22.1 Å². The summed E-state index contributed by atoms with van der Waals surface area (Å²) < 4.78 is 5.88. The fraction of sp³-hybridized carbons (Fsp3) is 0.750. The van der Waals surface area contributed by atoms with Crippen molar-refractivity contribution in [1.82, 2.24) is 4.98 Å². The Hall–Kier alpha value is -0.410. The first-order valence-electron chi connectivity index (χ1n) is 5.85. The Morgan fingerprint density at radius 2 is 2.33 bits per heavy atom. The van der Waals surface area contributed by atoms with Crippen LogP contribution in [0, 0.1) is 0 Å². The second-order valence-electron chi connectivity index (χ2n) is 4.97. The molecule has 3 unspecified atom stereocenters. The molecule has 0 N–H and O–H groups in total. The predicted molar refractivity (Wildman–Crippen MR) is 61.5 cm³/mol. The Labute approximate surface area is 94.7 Å². The minimum atomic E-state index is 0.473. The van der Waals surface area contributed by atoms with E-state index in [1.54, 1.807) is 0 Å². The van der Waals surface area contributed by atoms with E-state index in [0.29, 0.717) is 24.0 Å². The summed E-state index contributed by atoms with van der Waals surface area (Å²) in [6, 6.07) is 0. The van der Waals surface area contributed by atoms with Gasteiger partial charge >= 0.3 is 0 Å². The molecule has 0 radical (unpaired) electrons. The standard InChI is InChI=1S/C12H17NOS/c1-7(2)11-6-13-12(15-11)9-5-8-3-4-10(9)14-8/h6-10H,3-5H2,1-2H3. The maximum Gasteiger partial charge on any atom is 0.0985 e. The van der Waals surface area contributed by atoms with E-state index in [4.69, 9.17) is 4.74 Å². The monoisotopic (exact) mass is 223 g/mol. The van der Waals surface area contributed by atoms with E-state index in [0.717, 1.165) is 0 Å². The molecule has 2 aliphatic heterocycles. The molecule has 1 aromatic heterocycles. The normalized spacial score (nSPS) is 34.2. The van der Waals surface area contributed by atoms with Gasteiger partial charge in [0.1, 0.15) is 0 Å². The quantitative estimate of drug-likeness (QED) is 0.767. The lowest BCUT2D eigenvalue weighted by Gasteiger charge is -2.15. The fourth-order valence-corrected chi connectivity index (χ4v) is 3.72. The number of nitrogens with zero attached hydrogens (tertiary/aromatic N) is 1.